The van der Waals surface area contributed by atoms with Gasteiger partial charge in [0.25, 0.3) is 5.91 Å². The van der Waals surface area contributed by atoms with Crippen LogP contribution in [0.25, 0.3) is 21.5 Å². The Morgan fingerprint density at radius 2 is 1.92 bits per heavy atom. The second-order valence-electron chi connectivity index (χ2n) is 5.10. The molecule has 0 spiro atoms. The van der Waals surface area contributed by atoms with E-state index in [4.69, 9.17) is 0 Å². The number of hydrogen-bond acceptors (Lipinski definition) is 5. The molecule has 1 amide bonds. The minimum absolute atomic E-state index is 0.179. The molecular weight excluding hydrogens is 364 g/mol. The third-order valence-corrected chi connectivity index (χ3v) is 5.21. The molecular formula is C17H9F2N3OS2. The lowest BCUT2D eigenvalue weighted by molar-refractivity contribution is 0.102. The fraction of sp³-hybridized carbons (Fsp3) is 0. The third kappa shape index (κ3) is 3.13. The van der Waals surface area contributed by atoms with Crippen molar-refractivity contribution in [3.05, 3.63) is 64.5 Å². The molecule has 0 aliphatic carbocycles. The first kappa shape index (κ1) is 15.8. The van der Waals surface area contributed by atoms with E-state index in [2.05, 4.69) is 15.3 Å². The van der Waals surface area contributed by atoms with Crippen molar-refractivity contribution in [2.24, 2.45) is 0 Å². The van der Waals surface area contributed by atoms with Crippen LogP contribution in [0.2, 0.25) is 0 Å². The van der Waals surface area contributed by atoms with Crippen molar-refractivity contribution in [1.29, 1.82) is 0 Å². The number of thiazole rings is 2. The summed E-state index contributed by atoms with van der Waals surface area (Å²) in [5.41, 5.74) is 1.27. The summed E-state index contributed by atoms with van der Waals surface area (Å²) in [5.74, 6) is -1.73. The number of halogens is 2. The lowest BCUT2D eigenvalue weighted by atomic mass is 10.1. The number of rotatable bonds is 3. The Morgan fingerprint density at radius 3 is 2.72 bits per heavy atom. The molecule has 0 fully saturated rings. The first-order chi connectivity index (χ1) is 12.1. The molecule has 2 heterocycles. The number of fused-ring (bicyclic) bond motifs is 1. The van der Waals surface area contributed by atoms with Gasteiger partial charge in [-0.3, -0.25) is 10.1 Å². The van der Waals surface area contributed by atoms with Crippen molar-refractivity contribution in [2.75, 3.05) is 5.32 Å². The van der Waals surface area contributed by atoms with Gasteiger partial charge < -0.3 is 0 Å². The van der Waals surface area contributed by atoms with E-state index in [1.165, 1.54) is 17.4 Å². The molecule has 1 N–H and O–H groups in total. The number of hydrogen-bond donors (Lipinski definition) is 1. The lowest BCUT2D eigenvalue weighted by Gasteiger charge is -1.99. The number of carbonyl (C=O) groups is 1. The van der Waals surface area contributed by atoms with Crippen molar-refractivity contribution in [1.82, 2.24) is 9.97 Å². The van der Waals surface area contributed by atoms with Gasteiger partial charge in [0.15, 0.2) is 10.1 Å². The fourth-order valence-corrected chi connectivity index (χ4v) is 3.84. The van der Waals surface area contributed by atoms with E-state index in [9.17, 15) is 13.6 Å². The first-order valence-electron chi connectivity index (χ1n) is 7.18. The maximum Gasteiger partial charge on any atom is 0.286 e. The third-order valence-electron chi connectivity index (χ3n) is 3.42. The molecule has 4 rings (SSSR count). The number of benzene rings is 2. The molecule has 0 radical (unpaired) electrons. The molecule has 0 saturated heterocycles. The molecule has 4 nitrogen and oxygen atoms in total. The molecule has 4 aromatic rings. The Balaban J connectivity index is 1.57. The summed E-state index contributed by atoms with van der Waals surface area (Å²) in [6, 6.07) is 10.7. The Labute approximate surface area is 148 Å². The van der Waals surface area contributed by atoms with Gasteiger partial charge in [-0.1, -0.05) is 12.1 Å². The molecule has 2 aromatic carbocycles. The molecule has 124 valence electrons. The van der Waals surface area contributed by atoms with Crippen LogP contribution in [0.5, 0.6) is 0 Å². The SMILES string of the molecule is O=C(Nc1nc(-c2ccc(F)cc2F)cs1)c1nc2ccccc2s1. The molecule has 0 bridgehead atoms. The lowest BCUT2D eigenvalue weighted by Crippen LogP contribution is -2.11. The summed E-state index contributed by atoms with van der Waals surface area (Å²) in [6.45, 7) is 0. The smallest absolute Gasteiger partial charge is 0.286 e. The van der Waals surface area contributed by atoms with Crippen LogP contribution in [-0.2, 0) is 0 Å². The highest BCUT2D eigenvalue weighted by Crippen LogP contribution is 2.28. The molecule has 0 unspecified atom stereocenters. The van der Waals surface area contributed by atoms with Gasteiger partial charge in [0, 0.05) is 17.0 Å². The van der Waals surface area contributed by atoms with E-state index >= 15 is 0 Å². The highest BCUT2D eigenvalue weighted by molar-refractivity contribution is 7.20. The molecule has 2 aromatic heterocycles. The summed E-state index contributed by atoms with van der Waals surface area (Å²) in [4.78, 5) is 20.8. The maximum atomic E-state index is 13.8. The zero-order chi connectivity index (χ0) is 17.4. The Morgan fingerprint density at radius 1 is 1.08 bits per heavy atom. The van der Waals surface area contributed by atoms with E-state index < -0.39 is 11.6 Å². The molecule has 0 saturated carbocycles. The molecule has 8 heteroatoms. The zero-order valence-corrected chi connectivity index (χ0v) is 14.1. The van der Waals surface area contributed by atoms with E-state index in [1.807, 2.05) is 24.3 Å². The predicted molar refractivity (Wildman–Crippen MR) is 95.0 cm³/mol. The van der Waals surface area contributed by atoms with Crippen LogP contribution in [0.4, 0.5) is 13.9 Å². The quantitative estimate of drug-likeness (QED) is 0.553. The highest BCUT2D eigenvalue weighted by Gasteiger charge is 2.15. The number of nitrogens with zero attached hydrogens (tertiary/aromatic N) is 2. The van der Waals surface area contributed by atoms with Crippen LogP contribution < -0.4 is 5.32 Å². The van der Waals surface area contributed by atoms with Gasteiger partial charge in [-0.15, -0.1) is 22.7 Å². The number of aromatic nitrogens is 2. The minimum atomic E-state index is -0.700. The van der Waals surface area contributed by atoms with E-state index in [0.717, 1.165) is 33.7 Å². The second kappa shape index (κ2) is 6.30. The van der Waals surface area contributed by atoms with Crippen molar-refractivity contribution in [2.45, 2.75) is 0 Å². The molecule has 0 atom stereocenters. The van der Waals surface area contributed by atoms with Gasteiger partial charge in [0.2, 0.25) is 0 Å². The van der Waals surface area contributed by atoms with Crippen LogP contribution in [-0.4, -0.2) is 15.9 Å². The van der Waals surface area contributed by atoms with E-state index in [1.54, 1.807) is 5.38 Å². The summed E-state index contributed by atoms with van der Waals surface area (Å²) in [5, 5.41) is 4.91. The van der Waals surface area contributed by atoms with Gasteiger partial charge in [0.05, 0.1) is 15.9 Å². The minimum Gasteiger partial charge on any atom is -0.296 e. The summed E-state index contributed by atoms with van der Waals surface area (Å²) < 4.78 is 27.7. The number of carbonyl (C=O) groups excluding carboxylic acids is 1. The van der Waals surface area contributed by atoms with Crippen LogP contribution >= 0.6 is 22.7 Å². The van der Waals surface area contributed by atoms with Crippen molar-refractivity contribution in [3.63, 3.8) is 0 Å². The second-order valence-corrected chi connectivity index (χ2v) is 6.99. The monoisotopic (exact) mass is 373 g/mol. The van der Waals surface area contributed by atoms with E-state index in [-0.39, 0.29) is 11.5 Å². The highest BCUT2D eigenvalue weighted by atomic mass is 32.1. The van der Waals surface area contributed by atoms with Crippen LogP contribution in [0.3, 0.4) is 0 Å². The Hall–Kier alpha value is -2.71. The maximum absolute atomic E-state index is 13.8. The largest absolute Gasteiger partial charge is 0.296 e. The summed E-state index contributed by atoms with van der Waals surface area (Å²) >= 11 is 2.44. The van der Waals surface area contributed by atoms with Gasteiger partial charge in [-0.25, -0.2) is 18.7 Å². The van der Waals surface area contributed by atoms with Crippen molar-refractivity contribution >= 4 is 43.9 Å². The van der Waals surface area contributed by atoms with Crippen molar-refractivity contribution < 1.29 is 13.6 Å². The van der Waals surface area contributed by atoms with Gasteiger partial charge in [0.1, 0.15) is 11.6 Å². The van der Waals surface area contributed by atoms with Crippen LogP contribution in [0.1, 0.15) is 9.80 Å². The topological polar surface area (TPSA) is 54.9 Å². The predicted octanol–water partition coefficient (Wildman–Crippen LogP) is 4.95. The first-order valence-corrected chi connectivity index (χ1v) is 8.87. The number of amides is 1. The van der Waals surface area contributed by atoms with Crippen LogP contribution in [0.15, 0.2) is 47.8 Å². The van der Waals surface area contributed by atoms with Gasteiger partial charge in [-0.05, 0) is 24.3 Å². The Bertz CT molecular complexity index is 1060. The molecule has 0 aliphatic heterocycles. The van der Waals surface area contributed by atoms with Crippen LogP contribution in [0, 0.1) is 11.6 Å². The average Bonchev–Trinajstić information content (AvgIpc) is 3.21. The van der Waals surface area contributed by atoms with Crippen molar-refractivity contribution in [3.8, 4) is 11.3 Å². The summed E-state index contributed by atoms with van der Waals surface area (Å²) in [7, 11) is 0. The summed E-state index contributed by atoms with van der Waals surface area (Å²) in [6.07, 6.45) is 0. The average molecular weight is 373 g/mol. The fourth-order valence-electron chi connectivity index (χ4n) is 2.27. The van der Waals surface area contributed by atoms with E-state index in [0.29, 0.717) is 15.8 Å². The normalized spacial score (nSPS) is 11.0. The molecule has 0 aliphatic rings. The zero-order valence-electron chi connectivity index (χ0n) is 12.5. The number of para-hydroxylation sites is 1. The number of anilines is 1. The molecule has 25 heavy (non-hydrogen) atoms. The van der Waals surface area contributed by atoms with Gasteiger partial charge in [-0.2, -0.15) is 0 Å². The Kier molecular flexibility index (Phi) is 3.98. The number of nitrogens with one attached hydrogen (secondary N) is 1. The van der Waals surface area contributed by atoms with Gasteiger partial charge >= 0.3 is 0 Å². The standard InChI is InChI=1S/C17H9F2N3OS2/c18-9-5-6-10(11(19)7-9)13-8-24-17(21-13)22-15(23)16-20-12-3-1-2-4-14(12)25-16/h1-8H,(H,21,22,23).